The van der Waals surface area contributed by atoms with Crippen molar-refractivity contribution in [3.63, 3.8) is 0 Å². The second-order valence-electron chi connectivity index (χ2n) is 7.17. The molecule has 160 valence electrons. The highest BCUT2D eigenvalue weighted by atomic mass is 32.2. The van der Waals surface area contributed by atoms with Gasteiger partial charge in [0.05, 0.1) is 18.4 Å². The molecule has 1 aromatic heterocycles. The zero-order valence-corrected chi connectivity index (χ0v) is 17.9. The molecule has 0 fully saturated rings. The van der Waals surface area contributed by atoms with Crippen LogP contribution < -0.4 is 0 Å². The molecule has 0 unspecified atom stereocenters. The Hall–Kier alpha value is -3.20. The molecule has 0 saturated carbocycles. The lowest BCUT2D eigenvalue weighted by atomic mass is 9.94. The van der Waals surface area contributed by atoms with E-state index in [1.54, 1.807) is 34.7 Å². The van der Waals surface area contributed by atoms with Gasteiger partial charge in [-0.2, -0.15) is 0 Å². The Morgan fingerprint density at radius 1 is 1.13 bits per heavy atom. The number of hydrogen-bond acceptors (Lipinski definition) is 6. The zero-order valence-electron chi connectivity index (χ0n) is 17.1. The fraction of sp³-hybridized carbons (Fsp3) is 0.273. The monoisotopic (exact) mass is 440 g/mol. The summed E-state index contributed by atoms with van der Waals surface area (Å²) in [6.45, 7) is 0.342. The van der Waals surface area contributed by atoms with Gasteiger partial charge in [-0.15, -0.1) is 10.2 Å². The van der Waals surface area contributed by atoms with E-state index in [2.05, 4.69) is 10.2 Å². The van der Waals surface area contributed by atoms with Gasteiger partial charge in [-0.3, -0.25) is 4.79 Å². The molecule has 0 saturated heterocycles. The Morgan fingerprint density at radius 3 is 2.58 bits per heavy atom. The minimum absolute atomic E-state index is 0.0684. The molecule has 0 aliphatic carbocycles. The van der Waals surface area contributed by atoms with Gasteiger partial charge < -0.3 is 14.2 Å². The number of fused-ring (bicyclic) bond motifs is 1. The van der Waals surface area contributed by atoms with Crippen LogP contribution in [0.25, 0.3) is 11.4 Å². The van der Waals surface area contributed by atoms with E-state index < -0.39 is 17.8 Å². The first-order valence-corrected chi connectivity index (χ1v) is 10.7. The van der Waals surface area contributed by atoms with Gasteiger partial charge in [0.1, 0.15) is 11.9 Å². The predicted molar refractivity (Wildman–Crippen MR) is 114 cm³/mol. The van der Waals surface area contributed by atoms with Crippen LogP contribution in [0.3, 0.4) is 0 Å². The van der Waals surface area contributed by atoms with Crippen molar-refractivity contribution in [3.05, 3.63) is 65.5 Å². The Labute approximate surface area is 183 Å². The van der Waals surface area contributed by atoms with E-state index in [1.807, 2.05) is 24.3 Å². The summed E-state index contributed by atoms with van der Waals surface area (Å²) >= 11 is 1.20. The highest BCUT2D eigenvalue weighted by Crippen LogP contribution is 2.27. The van der Waals surface area contributed by atoms with E-state index in [0.717, 1.165) is 11.1 Å². The van der Waals surface area contributed by atoms with Crippen molar-refractivity contribution in [1.29, 1.82) is 0 Å². The van der Waals surface area contributed by atoms with Gasteiger partial charge in [-0.25, -0.2) is 9.18 Å². The lowest BCUT2D eigenvalue weighted by molar-refractivity contribution is -0.153. The third-order valence-electron chi connectivity index (χ3n) is 5.32. The Kier molecular flexibility index (Phi) is 6.03. The van der Waals surface area contributed by atoms with Gasteiger partial charge in [0.2, 0.25) is 5.91 Å². The third-order valence-corrected chi connectivity index (χ3v) is 6.32. The van der Waals surface area contributed by atoms with Gasteiger partial charge in [-0.1, -0.05) is 48.2 Å². The standard InChI is InChI=1S/C22H21FN4O3S/c1-26-20(16-9-5-6-10-17(16)23)24-25-22(26)31-13-19(28)27-12-15-8-4-3-7-14(15)11-18(27)21(29)30-2/h3-10,18H,11-13H2,1-2H3/t18-/m1/s1. The molecule has 1 atom stereocenters. The molecule has 7 nitrogen and oxygen atoms in total. The quantitative estimate of drug-likeness (QED) is 0.449. The minimum Gasteiger partial charge on any atom is -0.467 e. The molecular weight excluding hydrogens is 419 g/mol. The summed E-state index contributed by atoms with van der Waals surface area (Å²) in [4.78, 5) is 26.9. The molecule has 0 N–H and O–H groups in total. The lowest BCUT2D eigenvalue weighted by Crippen LogP contribution is -2.49. The van der Waals surface area contributed by atoms with Crippen molar-refractivity contribution < 1.29 is 18.7 Å². The third kappa shape index (κ3) is 4.18. The second-order valence-corrected chi connectivity index (χ2v) is 8.11. The van der Waals surface area contributed by atoms with E-state index in [1.165, 1.54) is 24.9 Å². The summed E-state index contributed by atoms with van der Waals surface area (Å²) in [5, 5.41) is 8.66. The van der Waals surface area contributed by atoms with Gasteiger partial charge in [0.15, 0.2) is 11.0 Å². The maximum absolute atomic E-state index is 14.1. The van der Waals surface area contributed by atoms with Gasteiger partial charge in [0, 0.05) is 20.0 Å². The average Bonchev–Trinajstić information content (AvgIpc) is 3.16. The topological polar surface area (TPSA) is 77.3 Å². The minimum atomic E-state index is -0.665. The van der Waals surface area contributed by atoms with Gasteiger partial charge in [0.25, 0.3) is 0 Å². The predicted octanol–water partition coefficient (Wildman–Crippen LogP) is 2.84. The Morgan fingerprint density at radius 2 is 1.84 bits per heavy atom. The Balaban J connectivity index is 1.50. The molecule has 3 aromatic rings. The Bertz CT molecular complexity index is 1130. The van der Waals surface area contributed by atoms with Crippen molar-refractivity contribution in [2.24, 2.45) is 7.05 Å². The summed E-state index contributed by atoms with van der Waals surface area (Å²) in [7, 11) is 3.05. The summed E-state index contributed by atoms with van der Waals surface area (Å²) in [5.74, 6) is -0.580. The van der Waals surface area contributed by atoms with E-state index >= 15 is 0 Å². The molecule has 1 aliphatic heterocycles. The molecule has 0 spiro atoms. The van der Waals surface area contributed by atoms with Crippen LogP contribution in [-0.2, 0) is 34.3 Å². The molecule has 9 heteroatoms. The summed E-state index contributed by atoms with van der Waals surface area (Å²) in [6.07, 6.45) is 0.417. The van der Waals surface area contributed by atoms with E-state index in [4.69, 9.17) is 4.74 Å². The van der Waals surface area contributed by atoms with Gasteiger partial charge >= 0.3 is 5.97 Å². The van der Waals surface area contributed by atoms with Crippen LogP contribution >= 0.6 is 11.8 Å². The first-order chi connectivity index (χ1) is 15.0. The molecular formula is C22H21FN4O3S. The molecule has 31 heavy (non-hydrogen) atoms. The SMILES string of the molecule is COC(=O)[C@H]1Cc2ccccc2CN1C(=O)CSc1nnc(-c2ccccc2F)n1C. The van der Waals surface area contributed by atoms with Crippen molar-refractivity contribution >= 4 is 23.6 Å². The molecule has 0 bridgehead atoms. The largest absolute Gasteiger partial charge is 0.467 e. The van der Waals surface area contributed by atoms with Crippen molar-refractivity contribution in [2.45, 2.75) is 24.2 Å². The van der Waals surface area contributed by atoms with Crippen LogP contribution in [0, 0.1) is 5.82 Å². The van der Waals surface area contributed by atoms with Crippen LogP contribution in [0.5, 0.6) is 0 Å². The van der Waals surface area contributed by atoms with Crippen LogP contribution in [0.15, 0.2) is 53.7 Å². The van der Waals surface area contributed by atoms with Gasteiger partial charge in [-0.05, 0) is 23.3 Å². The number of benzene rings is 2. The summed E-state index contributed by atoms with van der Waals surface area (Å²) < 4.78 is 20.7. The number of hydrogen-bond donors (Lipinski definition) is 0. The molecule has 2 aromatic carbocycles. The number of methoxy groups -OCH3 is 1. The fourth-order valence-electron chi connectivity index (χ4n) is 3.66. The number of ether oxygens (including phenoxy) is 1. The second kappa shape index (κ2) is 8.89. The average molecular weight is 441 g/mol. The number of halogens is 1. The maximum Gasteiger partial charge on any atom is 0.328 e. The molecule has 1 aliphatic rings. The number of thioether (sulfide) groups is 1. The first-order valence-electron chi connectivity index (χ1n) is 9.70. The highest BCUT2D eigenvalue weighted by molar-refractivity contribution is 7.99. The lowest BCUT2D eigenvalue weighted by Gasteiger charge is -2.35. The number of aromatic nitrogens is 3. The summed E-state index contributed by atoms with van der Waals surface area (Å²) in [6, 6.07) is 13.4. The van der Waals surface area contributed by atoms with Crippen LogP contribution in [-0.4, -0.2) is 50.4 Å². The normalized spacial score (nSPS) is 15.5. The number of rotatable bonds is 5. The maximum atomic E-state index is 14.1. The molecule has 1 amide bonds. The fourth-order valence-corrected chi connectivity index (χ4v) is 4.46. The highest BCUT2D eigenvalue weighted by Gasteiger charge is 2.35. The smallest absolute Gasteiger partial charge is 0.328 e. The van der Waals surface area contributed by atoms with Crippen molar-refractivity contribution in [1.82, 2.24) is 19.7 Å². The zero-order chi connectivity index (χ0) is 22.0. The van der Waals surface area contributed by atoms with Crippen molar-refractivity contribution in [2.75, 3.05) is 12.9 Å². The number of amides is 1. The van der Waals surface area contributed by atoms with E-state index in [-0.39, 0.29) is 11.7 Å². The molecule has 2 heterocycles. The van der Waals surface area contributed by atoms with Crippen LogP contribution in [0.1, 0.15) is 11.1 Å². The number of carbonyl (C=O) groups excluding carboxylic acids is 2. The van der Waals surface area contributed by atoms with E-state index in [9.17, 15) is 14.0 Å². The number of esters is 1. The molecule has 4 rings (SSSR count). The first kappa shape index (κ1) is 21.0. The van der Waals surface area contributed by atoms with Crippen molar-refractivity contribution in [3.8, 4) is 11.4 Å². The van der Waals surface area contributed by atoms with E-state index in [0.29, 0.717) is 29.5 Å². The number of carbonyl (C=O) groups is 2. The van der Waals surface area contributed by atoms with Crippen LogP contribution in [0.2, 0.25) is 0 Å². The number of nitrogens with zero attached hydrogens (tertiary/aromatic N) is 4. The van der Waals surface area contributed by atoms with Crippen LogP contribution in [0.4, 0.5) is 4.39 Å². The molecule has 0 radical (unpaired) electrons. The summed E-state index contributed by atoms with van der Waals surface area (Å²) in [5.41, 5.74) is 2.40.